The van der Waals surface area contributed by atoms with Gasteiger partial charge in [0.15, 0.2) is 0 Å². The number of epoxide rings is 1. The first-order valence-electron chi connectivity index (χ1n) is 15.7. The van der Waals surface area contributed by atoms with Crippen LogP contribution in [0.15, 0.2) is 72.8 Å². The number of ether oxygens (including phenoxy) is 5. The van der Waals surface area contributed by atoms with E-state index in [4.69, 9.17) is 40.4 Å². The van der Waals surface area contributed by atoms with E-state index in [0.717, 1.165) is 45.8 Å². The van der Waals surface area contributed by atoms with Crippen molar-refractivity contribution >= 4 is 11.6 Å². The van der Waals surface area contributed by atoms with E-state index in [1.165, 1.54) is 5.56 Å². The largest absolute Gasteiger partial charge is 0.494 e. The number of aliphatic hydroxyl groups excluding tert-OH is 1. The van der Waals surface area contributed by atoms with Gasteiger partial charge in [0.1, 0.15) is 48.4 Å². The average Bonchev–Trinajstić information content (AvgIpc) is 3.84. The van der Waals surface area contributed by atoms with E-state index in [9.17, 15) is 5.11 Å². The summed E-state index contributed by atoms with van der Waals surface area (Å²) in [6, 6.07) is 22.9. The van der Waals surface area contributed by atoms with Crippen molar-refractivity contribution in [3.63, 3.8) is 0 Å². The number of halogens is 1. The number of aliphatic hydroxyl groups is 1. The Morgan fingerprint density at radius 3 is 1.98 bits per heavy atom. The van der Waals surface area contributed by atoms with Crippen molar-refractivity contribution in [2.45, 2.75) is 53.0 Å². The number of aryl methyl sites for hydroxylation is 1. The predicted molar refractivity (Wildman–Crippen MR) is 181 cm³/mol. The molecule has 1 fully saturated rings. The molecule has 1 aliphatic rings. The molecule has 4 aromatic rings. The minimum atomic E-state index is -0.606. The van der Waals surface area contributed by atoms with Gasteiger partial charge in [-0.3, -0.25) is 9.58 Å². The maximum atomic E-state index is 10.4. The molecule has 10 heteroatoms. The number of likely N-dealkylation sites (N-methyl/N-ethyl adjacent to an activating group) is 1. The molecule has 5 rings (SSSR count). The summed E-state index contributed by atoms with van der Waals surface area (Å²) in [5, 5.41) is 15.9. The number of hydrogen-bond acceptors (Lipinski definition) is 8. The zero-order chi connectivity index (χ0) is 32.9. The summed E-state index contributed by atoms with van der Waals surface area (Å²) in [4.78, 5) is 2.09. The summed E-state index contributed by atoms with van der Waals surface area (Å²) in [5.74, 6) is 3.26. The molecule has 46 heavy (non-hydrogen) atoms. The van der Waals surface area contributed by atoms with Crippen LogP contribution in [0, 0.1) is 13.8 Å². The molecule has 2 heterocycles. The molecule has 3 aromatic carbocycles. The van der Waals surface area contributed by atoms with Crippen LogP contribution in [0.1, 0.15) is 36.4 Å². The molecular weight excluding hydrogens is 606 g/mol. The van der Waals surface area contributed by atoms with Gasteiger partial charge < -0.3 is 28.8 Å². The Kier molecular flexibility index (Phi) is 13.6. The topological polar surface area (TPSA) is 90.7 Å². The molecule has 0 spiro atoms. The molecule has 9 nitrogen and oxygen atoms in total. The Balaban J connectivity index is 0.000000284. The smallest absolute Gasteiger partial charge is 0.119 e. The minimum Gasteiger partial charge on any atom is -0.494 e. The molecule has 1 aromatic heterocycles. The summed E-state index contributed by atoms with van der Waals surface area (Å²) in [6.07, 6.45) is -0.299. The van der Waals surface area contributed by atoms with E-state index < -0.39 is 6.10 Å². The van der Waals surface area contributed by atoms with Crippen LogP contribution in [0.4, 0.5) is 0 Å². The van der Waals surface area contributed by atoms with Gasteiger partial charge in [0.2, 0.25) is 0 Å². The highest BCUT2D eigenvalue weighted by molar-refractivity contribution is 6.31. The molecule has 1 N–H and O–H groups in total. The van der Waals surface area contributed by atoms with Gasteiger partial charge in [0.05, 0.1) is 32.1 Å². The Morgan fingerprint density at radius 1 is 0.891 bits per heavy atom. The fourth-order valence-corrected chi connectivity index (χ4v) is 4.99. The van der Waals surface area contributed by atoms with E-state index in [1.54, 1.807) is 0 Å². The fourth-order valence-electron chi connectivity index (χ4n) is 4.80. The number of benzene rings is 3. The molecule has 2 unspecified atom stereocenters. The lowest BCUT2D eigenvalue weighted by Crippen LogP contribution is -2.33. The Morgan fingerprint density at radius 2 is 1.43 bits per heavy atom. The second-order valence-corrected chi connectivity index (χ2v) is 11.5. The van der Waals surface area contributed by atoms with Crippen LogP contribution >= 0.6 is 11.6 Å². The molecule has 248 valence electrons. The van der Waals surface area contributed by atoms with Gasteiger partial charge in [-0.2, -0.15) is 5.10 Å². The van der Waals surface area contributed by atoms with Gasteiger partial charge >= 0.3 is 0 Å². The van der Waals surface area contributed by atoms with E-state index in [-0.39, 0.29) is 6.61 Å². The molecule has 1 saturated heterocycles. The van der Waals surface area contributed by atoms with E-state index >= 15 is 0 Å². The van der Waals surface area contributed by atoms with Crippen LogP contribution in [-0.2, 0) is 17.8 Å². The Labute approximate surface area is 277 Å². The Bertz CT molecular complexity index is 1470. The lowest BCUT2D eigenvalue weighted by Gasteiger charge is -2.21. The van der Waals surface area contributed by atoms with Gasteiger partial charge in [-0.15, -0.1) is 0 Å². The molecule has 0 saturated carbocycles. The number of hydrogen-bond donors (Lipinski definition) is 1. The van der Waals surface area contributed by atoms with Crippen molar-refractivity contribution in [2.24, 2.45) is 0 Å². The van der Waals surface area contributed by atoms with Crippen molar-refractivity contribution < 1.29 is 28.8 Å². The zero-order valence-electron chi connectivity index (χ0n) is 27.4. The first-order valence-corrected chi connectivity index (χ1v) is 16.1. The number of nitrogens with zero attached hydrogens (tertiary/aromatic N) is 3. The van der Waals surface area contributed by atoms with Crippen LogP contribution in [0.25, 0.3) is 0 Å². The first kappa shape index (κ1) is 35.1. The van der Waals surface area contributed by atoms with Crippen LogP contribution in [0.5, 0.6) is 23.0 Å². The normalized spacial score (nSPS) is 14.3. The van der Waals surface area contributed by atoms with Crippen LogP contribution in [0.2, 0.25) is 5.02 Å². The summed E-state index contributed by atoms with van der Waals surface area (Å²) >= 11 is 6.32. The Hall–Kier alpha value is -3.76. The lowest BCUT2D eigenvalue weighted by molar-refractivity contribution is 0.0742. The van der Waals surface area contributed by atoms with Crippen molar-refractivity contribution in [3.05, 3.63) is 100 Å². The van der Waals surface area contributed by atoms with Gasteiger partial charge in [0.25, 0.3) is 0 Å². The SMILES string of the molecule is CCOc1ccc(OCC(O)CN(C)Cc2c(C)nn(Cc3ccccc3Cl)c2C)cc1.CCOc1ccc(OCC2CO2)cc1. The number of rotatable bonds is 16. The summed E-state index contributed by atoms with van der Waals surface area (Å²) in [7, 11) is 1.99. The second-order valence-electron chi connectivity index (χ2n) is 11.1. The molecule has 2 atom stereocenters. The molecule has 1 aliphatic heterocycles. The van der Waals surface area contributed by atoms with Gasteiger partial charge in [-0.05, 0) is 94.9 Å². The van der Waals surface area contributed by atoms with Crippen molar-refractivity contribution in [1.82, 2.24) is 14.7 Å². The van der Waals surface area contributed by atoms with Crippen molar-refractivity contribution in [2.75, 3.05) is 46.6 Å². The highest BCUT2D eigenvalue weighted by Crippen LogP contribution is 2.22. The van der Waals surface area contributed by atoms with E-state index in [0.29, 0.717) is 51.3 Å². The quantitative estimate of drug-likeness (QED) is 0.141. The minimum absolute atomic E-state index is 0.224. The van der Waals surface area contributed by atoms with Crippen molar-refractivity contribution in [3.8, 4) is 23.0 Å². The molecule has 0 aliphatic carbocycles. The second kappa shape index (κ2) is 17.8. The third-order valence-electron chi connectivity index (χ3n) is 7.31. The third-order valence-corrected chi connectivity index (χ3v) is 7.68. The molecule has 0 radical (unpaired) electrons. The highest BCUT2D eigenvalue weighted by atomic mass is 35.5. The summed E-state index contributed by atoms with van der Waals surface area (Å²) in [6.45, 7) is 12.8. The summed E-state index contributed by atoms with van der Waals surface area (Å²) in [5.41, 5.74) is 4.30. The van der Waals surface area contributed by atoms with Crippen LogP contribution in [-0.4, -0.2) is 78.6 Å². The third kappa shape index (κ3) is 11.2. The number of aromatic nitrogens is 2. The first-order chi connectivity index (χ1) is 22.2. The maximum absolute atomic E-state index is 10.4. The van der Waals surface area contributed by atoms with Crippen LogP contribution < -0.4 is 18.9 Å². The lowest BCUT2D eigenvalue weighted by atomic mass is 10.1. The van der Waals surface area contributed by atoms with Gasteiger partial charge in [-0.25, -0.2) is 0 Å². The van der Waals surface area contributed by atoms with Gasteiger partial charge in [-0.1, -0.05) is 29.8 Å². The fraction of sp³-hybridized carbons (Fsp3) is 0.417. The average molecular weight is 652 g/mol. The zero-order valence-corrected chi connectivity index (χ0v) is 28.2. The predicted octanol–water partition coefficient (Wildman–Crippen LogP) is 6.33. The highest BCUT2D eigenvalue weighted by Gasteiger charge is 2.23. The van der Waals surface area contributed by atoms with Crippen LogP contribution in [0.3, 0.4) is 0 Å². The van der Waals surface area contributed by atoms with E-state index in [2.05, 4.69) is 11.8 Å². The molecule has 0 amide bonds. The monoisotopic (exact) mass is 651 g/mol. The molecular formula is C36H46ClN3O6. The summed E-state index contributed by atoms with van der Waals surface area (Å²) < 4.78 is 29.0. The van der Waals surface area contributed by atoms with Gasteiger partial charge in [0, 0.05) is 29.4 Å². The standard InChI is InChI=1S/C25H32ClN3O3.C11H14O3/c1-5-31-22-10-12-23(13-11-22)32-17-21(30)15-28(4)16-24-18(2)27-29(19(24)3)14-20-8-6-7-9-25(20)26;1-2-12-9-3-5-10(6-4-9)13-7-11-8-14-11/h6-13,21,30H,5,14-17H2,1-4H3;3-6,11H,2,7-8H2,1H3. The maximum Gasteiger partial charge on any atom is 0.119 e. The van der Waals surface area contributed by atoms with Crippen molar-refractivity contribution in [1.29, 1.82) is 0 Å². The molecule has 0 bridgehead atoms. The van der Waals surface area contributed by atoms with E-state index in [1.807, 2.05) is 105 Å².